The van der Waals surface area contributed by atoms with Gasteiger partial charge in [0.15, 0.2) is 0 Å². The van der Waals surface area contributed by atoms with Crippen molar-refractivity contribution in [1.29, 1.82) is 0 Å². The van der Waals surface area contributed by atoms with Gasteiger partial charge in [-0.25, -0.2) is 0 Å². The third-order valence-electron chi connectivity index (χ3n) is 2.46. The molecule has 18 heavy (non-hydrogen) atoms. The Labute approximate surface area is 113 Å². The zero-order chi connectivity index (χ0) is 13.5. The van der Waals surface area contributed by atoms with E-state index in [0.29, 0.717) is 24.7 Å². The molecule has 0 aliphatic heterocycles. The van der Waals surface area contributed by atoms with Crippen molar-refractivity contribution in [3.63, 3.8) is 0 Å². The Morgan fingerprint density at radius 1 is 1.44 bits per heavy atom. The zero-order valence-electron chi connectivity index (χ0n) is 10.7. The smallest absolute Gasteiger partial charge is 0.324 e. The van der Waals surface area contributed by atoms with E-state index in [2.05, 4.69) is 0 Å². The van der Waals surface area contributed by atoms with E-state index in [9.17, 15) is 4.79 Å². The minimum absolute atomic E-state index is 0.355. The van der Waals surface area contributed by atoms with Crippen molar-refractivity contribution in [3.8, 4) is 0 Å². The first-order valence-corrected chi connectivity index (χ1v) is 6.26. The summed E-state index contributed by atoms with van der Waals surface area (Å²) in [6.07, 6.45) is 0. The van der Waals surface area contributed by atoms with Gasteiger partial charge in [-0.15, -0.1) is 0 Å². The third kappa shape index (κ3) is 5.04. The summed E-state index contributed by atoms with van der Waals surface area (Å²) >= 11 is 5.81. The van der Waals surface area contributed by atoms with Crippen LogP contribution in [0.15, 0.2) is 24.3 Å². The molecule has 0 aromatic heterocycles. The SMILES string of the molecule is CCOC(=O)C(N)CN(C)Cc1ccc(Cl)cc1. The van der Waals surface area contributed by atoms with E-state index in [4.69, 9.17) is 22.1 Å². The summed E-state index contributed by atoms with van der Waals surface area (Å²) in [5.74, 6) is -0.361. The fraction of sp³-hybridized carbons (Fsp3) is 0.462. The van der Waals surface area contributed by atoms with Crippen molar-refractivity contribution in [2.75, 3.05) is 20.2 Å². The molecule has 0 aliphatic rings. The summed E-state index contributed by atoms with van der Waals surface area (Å²) in [4.78, 5) is 13.4. The van der Waals surface area contributed by atoms with Gasteiger partial charge in [-0.1, -0.05) is 23.7 Å². The van der Waals surface area contributed by atoms with E-state index in [0.717, 1.165) is 5.56 Å². The van der Waals surface area contributed by atoms with Gasteiger partial charge in [-0.3, -0.25) is 9.69 Å². The van der Waals surface area contributed by atoms with Crippen LogP contribution < -0.4 is 5.73 Å². The normalized spacial score (nSPS) is 12.5. The molecule has 1 aromatic carbocycles. The van der Waals surface area contributed by atoms with Crippen molar-refractivity contribution in [1.82, 2.24) is 4.90 Å². The molecule has 0 heterocycles. The number of nitrogens with two attached hydrogens (primary N) is 1. The average Bonchev–Trinajstić information content (AvgIpc) is 2.32. The molecule has 0 radical (unpaired) electrons. The lowest BCUT2D eigenvalue weighted by atomic mass is 10.2. The van der Waals surface area contributed by atoms with E-state index >= 15 is 0 Å². The van der Waals surface area contributed by atoms with Gasteiger partial charge in [-0.05, 0) is 31.7 Å². The van der Waals surface area contributed by atoms with Crippen LogP contribution in [0.2, 0.25) is 5.02 Å². The van der Waals surface area contributed by atoms with E-state index < -0.39 is 6.04 Å². The highest BCUT2D eigenvalue weighted by atomic mass is 35.5. The fourth-order valence-electron chi connectivity index (χ4n) is 1.63. The van der Waals surface area contributed by atoms with Gasteiger partial charge < -0.3 is 10.5 Å². The molecule has 0 aliphatic carbocycles. The lowest BCUT2D eigenvalue weighted by molar-refractivity contribution is -0.145. The second-order valence-corrected chi connectivity index (χ2v) is 4.62. The van der Waals surface area contributed by atoms with Gasteiger partial charge in [0.05, 0.1) is 6.61 Å². The molecule has 1 atom stereocenters. The van der Waals surface area contributed by atoms with Crippen molar-refractivity contribution in [2.24, 2.45) is 5.73 Å². The van der Waals surface area contributed by atoms with E-state index in [1.807, 2.05) is 36.2 Å². The molecule has 0 bridgehead atoms. The number of carbonyl (C=O) groups is 1. The fourth-order valence-corrected chi connectivity index (χ4v) is 1.75. The summed E-state index contributed by atoms with van der Waals surface area (Å²) in [6.45, 7) is 3.29. The molecule has 0 fully saturated rings. The van der Waals surface area contributed by atoms with Crippen LogP contribution in [0.3, 0.4) is 0 Å². The van der Waals surface area contributed by atoms with Crippen LogP contribution in [0.25, 0.3) is 0 Å². The first kappa shape index (κ1) is 15.0. The molecule has 0 saturated heterocycles. The summed E-state index contributed by atoms with van der Waals surface area (Å²) in [5.41, 5.74) is 6.87. The Balaban J connectivity index is 2.43. The number of nitrogens with zero attached hydrogens (tertiary/aromatic N) is 1. The Bertz CT molecular complexity index is 381. The van der Waals surface area contributed by atoms with Gasteiger partial charge in [0.2, 0.25) is 0 Å². The first-order valence-electron chi connectivity index (χ1n) is 5.88. The maximum absolute atomic E-state index is 11.4. The van der Waals surface area contributed by atoms with Gasteiger partial charge >= 0.3 is 5.97 Å². The number of ether oxygens (including phenoxy) is 1. The highest BCUT2D eigenvalue weighted by Gasteiger charge is 2.16. The summed E-state index contributed by atoms with van der Waals surface area (Å²) in [5, 5.41) is 0.713. The number of halogens is 1. The number of esters is 1. The predicted molar refractivity (Wildman–Crippen MR) is 72.4 cm³/mol. The molecule has 0 spiro atoms. The van der Waals surface area contributed by atoms with Gasteiger partial charge in [0, 0.05) is 18.1 Å². The molecule has 2 N–H and O–H groups in total. The second-order valence-electron chi connectivity index (χ2n) is 4.18. The van der Waals surface area contributed by atoms with Crippen molar-refractivity contribution >= 4 is 17.6 Å². The molecule has 1 aromatic rings. The van der Waals surface area contributed by atoms with Crippen LogP contribution in [-0.4, -0.2) is 37.1 Å². The van der Waals surface area contributed by atoms with Crippen molar-refractivity contribution in [2.45, 2.75) is 19.5 Å². The Morgan fingerprint density at radius 2 is 2.06 bits per heavy atom. The number of hydrogen-bond donors (Lipinski definition) is 1. The molecule has 5 heteroatoms. The maximum atomic E-state index is 11.4. The average molecular weight is 271 g/mol. The van der Waals surface area contributed by atoms with Gasteiger partial charge in [0.1, 0.15) is 6.04 Å². The molecular formula is C13H19ClN2O2. The van der Waals surface area contributed by atoms with E-state index in [1.54, 1.807) is 6.92 Å². The molecule has 0 saturated carbocycles. The van der Waals surface area contributed by atoms with Crippen LogP contribution in [0.4, 0.5) is 0 Å². The Morgan fingerprint density at radius 3 is 2.61 bits per heavy atom. The standard InChI is InChI=1S/C13H19ClN2O2/c1-3-18-13(17)12(15)9-16(2)8-10-4-6-11(14)7-5-10/h4-7,12H,3,8-9,15H2,1-2H3. The predicted octanol–water partition coefficient (Wildman–Crippen LogP) is 1.66. The monoisotopic (exact) mass is 270 g/mol. The largest absolute Gasteiger partial charge is 0.465 e. The zero-order valence-corrected chi connectivity index (χ0v) is 11.5. The maximum Gasteiger partial charge on any atom is 0.324 e. The molecule has 1 unspecified atom stereocenters. The quantitative estimate of drug-likeness (QED) is 0.799. The Hall–Kier alpha value is -1.10. The number of likely N-dealkylation sites (N-methyl/N-ethyl adjacent to an activating group) is 1. The molecular weight excluding hydrogens is 252 g/mol. The third-order valence-corrected chi connectivity index (χ3v) is 2.72. The van der Waals surface area contributed by atoms with Gasteiger partial charge in [0.25, 0.3) is 0 Å². The lowest BCUT2D eigenvalue weighted by Gasteiger charge is -2.20. The van der Waals surface area contributed by atoms with E-state index in [1.165, 1.54) is 0 Å². The second kappa shape index (κ2) is 7.36. The van der Waals surface area contributed by atoms with Crippen molar-refractivity contribution < 1.29 is 9.53 Å². The minimum Gasteiger partial charge on any atom is -0.465 e. The minimum atomic E-state index is -0.609. The summed E-state index contributed by atoms with van der Waals surface area (Å²) in [6, 6.07) is 6.98. The van der Waals surface area contributed by atoms with Crippen LogP contribution >= 0.6 is 11.6 Å². The van der Waals surface area contributed by atoms with Crippen molar-refractivity contribution in [3.05, 3.63) is 34.9 Å². The van der Waals surface area contributed by atoms with Crippen LogP contribution in [0, 0.1) is 0 Å². The summed E-state index contributed by atoms with van der Waals surface area (Å²) in [7, 11) is 1.91. The van der Waals surface area contributed by atoms with Crippen LogP contribution in [0.1, 0.15) is 12.5 Å². The molecule has 0 amide bonds. The molecule has 1 rings (SSSR count). The highest BCUT2D eigenvalue weighted by molar-refractivity contribution is 6.30. The highest BCUT2D eigenvalue weighted by Crippen LogP contribution is 2.10. The van der Waals surface area contributed by atoms with E-state index in [-0.39, 0.29) is 5.97 Å². The molecule has 4 nitrogen and oxygen atoms in total. The lowest BCUT2D eigenvalue weighted by Crippen LogP contribution is -2.42. The summed E-state index contributed by atoms with van der Waals surface area (Å²) < 4.78 is 4.86. The number of carbonyl (C=O) groups excluding carboxylic acids is 1. The van der Waals surface area contributed by atoms with Crippen LogP contribution in [0.5, 0.6) is 0 Å². The first-order chi connectivity index (χ1) is 8.52. The Kier molecular flexibility index (Phi) is 6.12. The number of rotatable bonds is 6. The topological polar surface area (TPSA) is 55.6 Å². The molecule has 100 valence electrons. The van der Waals surface area contributed by atoms with Crippen LogP contribution in [-0.2, 0) is 16.1 Å². The number of hydrogen-bond acceptors (Lipinski definition) is 4. The van der Waals surface area contributed by atoms with Gasteiger partial charge in [-0.2, -0.15) is 0 Å². The number of benzene rings is 1.